The van der Waals surface area contributed by atoms with Gasteiger partial charge in [-0.25, -0.2) is 0 Å². The SMILES string of the molecule is O=C(CCN(C1CCCCC1)C1CCCCC1)NCCCCCCCCCCCCCCCCO. The Hall–Kier alpha value is -0.610. The molecule has 4 nitrogen and oxygen atoms in total. The number of aliphatic hydroxyl groups is 1. The van der Waals surface area contributed by atoms with Gasteiger partial charge < -0.3 is 10.4 Å². The first-order valence-corrected chi connectivity index (χ1v) is 15.9. The fourth-order valence-electron chi connectivity index (χ4n) is 6.39. The molecule has 4 heteroatoms. The Morgan fingerprint density at radius 1 is 0.600 bits per heavy atom. The number of aliphatic hydroxyl groups excluding tert-OH is 1. The molecule has 2 N–H and O–H groups in total. The molecular weight excluding hydrogens is 432 g/mol. The summed E-state index contributed by atoms with van der Waals surface area (Å²) in [5, 5.41) is 12.0. The van der Waals surface area contributed by atoms with Crippen molar-refractivity contribution in [1.82, 2.24) is 10.2 Å². The van der Waals surface area contributed by atoms with Crippen LogP contribution in [0.5, 0.6) is 0 Å². The van der Waals surface area contributed by atoms with Gasteiger partial charge in [0.1, 0.15) is 0 Å². The van der Waals surface area contributed by atoms with Gasteiger partial charge in [0.25, 0.3) is 0 Å². The lowest BCUT2D eigenvalue weighted by Crippen LogP contribution is -2.46. The monoisotopic (exact) mass is 492 g/mol. The molecule has 0 aromatic carbocycles. The molecule has 0 saturated heterocycles. The van der Waals surface area contributed by atoms with Crippen LogP contribution in [0, 0.1) is 0 Å². The smallest absolute Gasteiger partial charge is 0.221 e. The van der Waals surface area contributed by atoms with Gasteiger partial charge in [-0.2, -0.15) is 0 Å². The topological polar surface area (TPSA) is 52.6 Å². The Kier molecular flexibility index (Phi) is 18.8. The van der Waals surface area contributed by atoms with E-state index >= 15 is 0 Å². The van der Waals surface area contributed by atoms with Crippen LogP contribution in [-0.2, 0) is 4.79 Å². The molecule has 1 amide bonds. The van der Waals surface area contributed by atoms with Crippen LogP contribution in [0.2, 0.25) is 0 Å². The molecule has 35 heavy (non-hydrogen) atoms. The third-order valence-corrected chi connectivity index (χ3v) is 8.59. The molecular formula is C31H60N2O2. The molecule has 0 spiro atoms. The van der Waals surface area contributed by atoms with E-state index in [1.54, 1.807) is 0 Å². The average Bonchev–Trinajstić information content (AvgIpc) is 2.90. The van der Waals surface area contributed by atoms with Gasteiger partial charge in [0.05, 0.1) is 0 Å². The molecule has 206 valence electrons. The highest BCUT2D eigenvalue weighted by molar-refractivity contribution is 5.76. The van der Waals surface area contributed by atoms with Crippen molar-refractivity contribution in [3.63, 3.8) is 0 Å². The van der Waals surface area contributed by atoms with Crippen LogP contribution in [-0.4, -0.2) is 47.7 Å². The van der Waals surface area contributed by atoms with Crippen LogP contribution in [0.15, 0.2) is 0 Å². The van der Waals surface area contributed by atoms with Crippen molar-refractivity contribution in [2.75, 3.05) is 19.7 Å². The summed E-state index contributed by atoms with van der Waals surface area (Å²) in [6, 6.07) is 1.48. The van der Waals surface area contributed by atoms with Gasteiger partial charge in [0.15, 0.2) is 0 Å². The minimum absolute atomic E-state index is 0.273. The lowest BCUT2D eigenvalue weighted by molar-refractivity contribution is -0.121. The van der Waals surface area contributed by atoms with Crippen molar-refractivity contribution in [2.45, 2.75) is 173 Å². The quantitative estimate of drug-likeness (QED) is 0.160. The van der Waals surface area contributed by atoms with E-state index in [2.05, 4.69) is 10.2 Å². The number of carbonyl (C=O) groups excluding carboxylic acids is 1. The number of hydrogen-bond donors (Lipinski definition) is 2. The number of rotatable bonds is 21. The molecule has 2 fully saturated rings. The molecule has 0 radical (unpaired) electrons. The Labute approximate surface area is 218 Å². The highest BCUT2D eigenvalue weighted by atomic mass is 16.2. The maximum Gasteiger partial charge on any atom is 0.221 e. The Balaban J connectivity index is 1.40. The Morgan fingerprint density at radius 3 is 1.43 bits per heavy atom. The van der Waals surface area contributed by atoms with Crippen LogP contribution in [0.4, 0.5) is 0 Å². The number of nitrogens with one attached hydrogen (secondary N) is 1. The van der Waals surface area contributed by atoms with Crippen molar-refractivity contribution in [3.8, 4) is 0 Å². The van der Waals surface area contributed by atoms with Crippen LogP contribution >= 0.6 is 0 Å². The lowest BCUT2D eigenvalue weighted by Gasteiger charge is -2.41. The third-order valence-electron chi connectivity index (χ3n) is 8.59. The second-order valence-corrected chi connectivity index (χ2v) is 11.6. The van der Waals surface area contributed by atoms with Gasteiger partial charge in [0.2, 0.25) is 5.91 Å². The van der Waals surface area contributed by atoms with Crippen molar-refractivity contribution in [2.24, 2.45) is 0 Å². The number of hydrogen-bond acceptors (Lipinski definition) is 3. The second kappa shape index (κ2) is 21.5. The second-order valence-electron chi connectivity index (χ2n) is 11.6. The van der Waals surface area contributed by atoms with Crippen molar-refractivity contribution in [1.29, 1.82) is 0 Å². The molecule has 0 aromatic heterocycles. The maximum absolute atomic E-state index is 12.5. The molecule has 2 aliphatic rings. The Morgan fingerprint density at radius 2 is 1.00 bits per heavy atom. The van der Waals surface area contributed by atoms with E-state index in [0.29, 0.717) is 13.0 Å². The van der Waals surface area contributed by atoms with Crippen LogP contribution in [0.1, 0.15) is 161 Å². The highest BCUT2D eigenvalue weighted by Crippen LogP contribution is 2.30. The number of nitrogens with zero attached hydrogens (tertiary/aromatic N) is 1. The normalized spacial score (nSPS) is 17.8. The summed E-state index contributed by atoms with van der Waals surface area (Å²) in [6.45, 7) is 2.20. The van der Waals surface area contributed by atoms with Gasteiger partial charge in [-0.1, -0.05) is 116 Å². The van der Waals surface area contributed by atoms with Crippen molar-refractivity contribution >= 4 is 5.91 Å². The van der Waals surface area contributed by atoms with E-state index < -0.39 is 0 Å². The number of unbranched alkanes of at least 4 members (excludes halogenated alkanes) is 13. The average molecular weight is 493 g/mol. The largest absolute Gasteiger partial charge is 0.396 e. The summed E-state index contributed by atoms with van der Waals surface area (Å²) in [7, 11) is 0. The predicted molar refractivity (Wildman–Crippen MR) is 150 cm³/mol. The molecule has 0 unspecified atom stereocenters. The van der Waals surface area contributed by atoms with Crippen LogP contribution in [0.3, 0.4) is 0 Å². The minimum atomic E-state index is 0.273. The standard InChI is InChI=1S/C31H60N2O2/c34-28-20-12-10-8-6-4-2-1-3-5-7-9-11-19-26-32-31(35)25-27-33(29-21-15-13-16-22-29)30-23-17-14-18-24-30/h29-30,34H,1-28H2,(H,32,35). The van der Waals surface area contributed by atoms with E-state index in [0.717, 1.165) is 38.0 Å². The van der Waals surface area contributed by atoms with E-state index in [1.165, 1.54) is 141 Å². The summed E-state index contributed by atoms with van der Waals surface area (Å²) in [5.74, 6) is 0.273. The molecule has 0 atom stereocenters. The van der Waals surface area contributed by atoms with Gasteiger partial charge in [-0.3, -0.25) is 9.69 Å². The molecule has 2 aliphatic carbocycles. The highest BCUT2D eigenvalue weighted by Gasteiger charge is 2.28. The first-order valence-electron chi connectivity index (χ1n) is 15.9. The molecule has 0 heterocycles. The zero-order valence-corrected chi connectivity index (χ0v) is 23.3. The van der Waals surface area contributed by atoms with Crippen LogP contribution < -0.4 is 5.32 Å². The zero-order chi connectivity index (χ0) is 24.8. The van der Waals surface area contributed by atoms with Gasteiger partial charge >= 0.3 is 0 Å². The molecule has 2 saturated carbocycles. The van der Waals surface area contributed by atoms with Crippen LogP contribution in [0.25, 0.3) is 0 Å². The van der Waals surface area contributed by atoms with Gasteiger partial charge in [-0.15, -0.1) is 0 Å². The molecule has 0 bridgehead atoms. The molecule has 0 aliphatic heterocycles. The van der Waals surface area contributed by atoms with E-state index in [1.807, 2.05) is 0 Å². The van der Waals surface area contributed by atoms with Gasteiger partial charge in [0, 0.05) is 38.2 Å². The Bertz CT molecular complexity index is 468. The minimum Gasteiger partial charge on any atom is -0.396 e. The summed E-state index contributed by atoms with van der Waals surface area (Å²) in [5.41, 5.74) is 0. The third kappa shape index (κ3) is 15.3. The van der Waals surface area contributed by atoms with Crippen molar-refractivity contribution < 1.29 is 9.90 Å². The van der Waals surface area contributed by atoms with E-state index in [9.17, 15) is 4.79 Å². The fourth-order valence-corrected chi connectivity index (χ4v) is 6.39. The first-order chi connectivity index (χ1) is 17.3. The fraction of sp³-hybridized carbons (Fsp3) is 0.968. The summed E-state index contributed by atoms with van der Waals surface area (Å²) in [4.78, 5) is 15.3. The zero-order valence-electron chi connectivity index (χ0n) is 23.3. The molecule has 2 rings (SSSR count). The van der Waals surface area contributed by atoms with Crippen molar-refractivity contribution in [3.05, 3.63) is 0 Å². The number of carbonyl (C=O) groups is 1. The number of amides is 1. The maximum atomic E-state index is 12.5. The predicted octanol–water partition coefficient (Wildman–Crippen LogP) is 7.91. The van der Waals surface area contributed by atoms with Gasteiger partial charge in [-0.05, 0) is 38.5 Å². The first kappa shape index (κ1) is 30.6. The van der Waals surface area contributed by atoms with E-state index in [4.69, 9.17) is 5.11 Å². The summed E-state index contributed by atoms with van der Waals surface area (Å²) >= 11 is 0. The summed E-state index contributed by atoms with van der Waals surface area (Å²) < 4.78 is 0. The molecule has 0 aromatic rings. The summed E-state index contributed by atoms with van der Waals surface area (Å²) in [6.07, 6.45) is 32.6. The lowest BCUT2D eigenvalue weighted by atomic mass is 9.88. The van der Waals surface area contributed by atoms with E-state index in [-0.39, 0.29) is 5.91 Å².